The maximum Gasteiger partial charge on any atom is 0.307 e. The van der Waals surface area contributed by atoms with Gasteiger partial charge in [-0.2, -0.15) is 0 Å². The van der Waals surface area contributed by atoms with Gasteiger partial charge in [-0.05, 0) is 36.8 Å². The number of nitro benzene ring substituents is 1. The third kappa shape index (κ3) is 6.92. The minimum atomic E-state index is -0.558. The van der Waals surface area contributed by atoms with Crippen molar-refractivity contribution in [3.8, 4) is 0 Å². The summed E-state index contributed by atoms with van der Waals surface area (Å²) < 4.78 is 4.93. The van der Waals surface area contributed by atoms with E-state index in [1.54, 1.807) is 19.1 Å². The van der Waals surface area contributed by atoms with Crippen LogP contribution in [0.1, 0.15) is 12.0 Å². The van der Waals surface area contributed by atoms with E-state index in [9.17, 15) is 19.7 Å². The molecule has 2 aromatic carbocycles. The van der Waals surface area contributed by atoms with Crippen molar-refractivity contribution in [1.29, 1.82) is 0 Å². The lowest BCUT2D eigenvalue weighted by Gasteiger charge is -2.09. The number of nitrogens with one attached hydrogen (secondary N) is 1. The summed E-state index contributed by atoms with van der Waals surface area (Å²) in [7, 11) is 0. The van der Waals surface area contributed by atoms with Gasteiger partial charge < -0.3 is 10.1 Å². The molecule has 0 unspecified atom stereocenters. The highest BCUT2D eigenvalue weighted by molar-refractivity contribution is 7.99. The molecule has 0 aliphatic heterocycles. The fraction of sp³-hybridized carbons (Fsp3) is 0.222. The van der Waals surface area contributed by atoms with Crippen LogP contribution in [0.2, 0.25) is 5.02 Å². The second-order valence-electron chi connectivity index (χ2n) is 5.52. The van der Waals surface area contributed by atoms with Crippen LogP contribution in [0, 0.1) is 17.0 Å². The topological polar surface area (TPSA) is 98.5 Å². The minimum Gasteiger partial charge on any atom is -0.456 e. The Morgan fingerprint density at radius 2 is 1.93 bits per heavy atom. The second kappa shape index (κ2) is 9.94. The van der Waals surface area contributed by atoms with E-state index < -0.39 is 23.4 Å². The lowest BCUT2D eigenvalue weighted by Crippen LogP contribution is -2.21. The number of aryl methyl sites for hydroxylation is 1. The summed E-state index contributed by atoms with van der Waals surface area (Å²) in [5.74, 6) is -0.550. The van der Waals surface area contributed by atoms with E-state index in [-0.39, 0.29) is 12.1 Å². The fourth-order valence-corrected chi connectivity index (χ4v) is 3.00. The van der Waals surface area contributed by atoms with Gasteiger partial charge in [0, 0.05) is 27.8 Å². The summed E-state index contributed by atoms with van der Waals surface area (Å²) in [6.45, 7) is 1.26. The van der Waals surface area contributed by atoms with Crippen LogP contribution in [0.3, 0.4) is 0 Å². The van der Waals surface area contributed by atoms with E-state index in [1.165, 1.54) is 30.0 Å². The van der Waals surface area contributed by atoms with Gasteiger partial charge in [0.15, 0.2) is 6.61 Å². The molecule has 0 aliphatic carbocycles. The highest BCUT2D eigenvalue weighted by Gasteiger charge is 2.13. The maximum atomic E-state index is 11.9. The molecule has 9 heteroatoms. The molecule has 0 atom stereocenters. The normalized spacial score (nSPS) is 10.3. The summed E-state index contributed by atoms with van der Waals surface area (Å²) in [6, 6.07) is 11.4. The van der Waals surface area contributed by atoms with Crippen LogP contribution in [0.25, 0.3) is 0 Å². The number of carbonyl (C=O) groups excluding carboxylic acids is 2. The van der Waals surface area contributed by atoms with Crippen LogP contribution in [0.5, 0.6) is 0 Å². The van der Waals surface area contributed by atoms with Crippen molar-refractivity contribution in [3.63, 3.8) is 0 Å². The summed E-state index contributed by atoms with van der Waals surface area (Å²) in [5.41, 5.74) is 0.843. The third-order valence-corrected chi connectivity index (χ3v) is 4.72. The molecule has 0 bridgehead atoms. The molecule has 142 valence electrons. The highest BCUT2D eigenvalue weighted by atomic mass is 35.5. The first-order valence-corrected chi connectivity index (χ1v) is 9.30. The number of ether oxygens (including phenoxy) is 1. The fourth-order valence-electron chi connectivity index (χ4n) is 2.05. The van der Waals surface area contributed by atoms with Crippen LogP contribution in [-0.2, 0) is 14.3 Å². The monoisotopic (exact) mass is 408 g/mol. The number of rotatable bonds is 8. The first-order valence-electron chi connectivity index (χ1n) is 7.94. The molecular formula is C18H17ClN2O5S. The number of carbonyl (C=O) groups is 2. The predicted molar refractivity (Wildman–Crippen MR) is 104 cm³/mol. The van der Waals surface area contributed by atoms with Crippen LogP contribution in [-0.4, -0.2) is 29.2 Å². The number of nitrogens with zero attached hydrogens (tertiary/aromatic N) is 1. The number of hydrogen-bond acceptors (Lipinski definition) is 6. The molecule has 0 saturated heterocycles. The molecule has 0 radical (unpaired) electrons. The number of thioether (sulfide) groups is 1. The van der Waals surface area contributed by atoms with Crippen molar-refractivity contribution in [2.45, 2.75) is 18.2 Å². The number of hydrogen-bond donors (Lipinski definition) is 1. The molecule has 2 rings (SSSR count). The summed E-state index contributed by atoms with van der Waals surface area (Å²) in [4.78, 5) is 34.9. The third-order valence-electron chi connectivity index (χ3n) is 3.46. The van der Waals surface area contributed by atoms with E-state index in [2.05, 4.69) is 5.32 Å². The molecule has 27 heavy (non-hydrogen) atoms. The van der Waals surface area contributed by atoms with Crippen molar-refractivity contribution >= 4 is 46.6 Å². The van der Waals surface area contributed by atoms with Gasteiger partial charge >= 0.3 is 5.97 Å². The summed E-state index contributed by atoms with van der Waals surface area (Å²) >= 11 is 7.28. The summed E-state index contributed by atoms with van der Waals surface area (Å²) in [6.07, 6.45) is 0.149. The van der Waals surface area contributed by atoms with Crippen molar-refractivity contribution in [1.82, 2.24) is 0 Å². The molecule has 0 aliphatic rings. The molecule has 0 saturated carbocycles. The average Bonchev–Trinajstić information content (AvgIpc) is 2.63. The molecule has 2 aromatic rings. The van der Waals surface area contributed by atoms with E-state index in [0.29, 0.717) is 22.0 Å². The number of nitro groups is 1. The molecule has 7 nitrogen and oxygen atoms in total. The smallest absolute Gasteiger partial charge is 0.307 e. The van der Waals surface area contributed by atoms with E-state index in [1.807, 2.05) is 12.1 Å². The number of anilines is 1. The molecule has 0 spiro atoms. The molecule has 1 amide bonds. The predicted octanol–water partition coefficient (Wildman–Crippen LogP) is 4.22. The minimum absolute atomic E-state index is 0.132. The van der Waals surface area contributed by atoms with Crippen LogP contribution >= 0.6 is 23.4 Å². The Morgan fingerprint density at radius 1 is 1.22 bits per heavy atom. The van der Waals surface area contributed by atoms with Gasteiger partial charge in [-0.15, -0.1) is 11.8 Å². The highest BCUT2D eigenvalue weighted by Crippen LogP contribution is 2.22. The molecule has 0 heterocycles. The van der Waals surface area contributed by atoms with Crippen molar-refractivity contribution in [3.05, 3.63) is 63.2 Å². The molecule has 0 aromatic heterocycles. The van der Waals surface area contributed by atoms with E-state index in [4.69, 9.17) is 16.3 Å². The van der Waals surface area contributed by atoms with Crippen LogP contribution in [0.15, 0.2) is 47.4 Å². The Labute approximate surface area is 165 Å². The van der Waals surface area contributed by atoms with Gasteiger partial charge in [-0.25, -0.2) is 0 Å². The molecule has 0 fully saturated rings. The average molecular weight is 409 g/mol. The van der Waals surface area contributed by atoms with Crippen LogP contribution < -0.4 is 5.32 Å². The number of non-ortho nitro benzene ring substituents is 1. The Hall–Kier alpha value is -2.58. The number of benzene rings is 2. The Bertz CT molecular complexity index is 842. The van der Waals surface area contributed by atoms with Crippen molar-refractivity contribution in [2.24, 2.45) is 0 Å². The van der Waals surface area contributed by atoms with Crippen molar-refractivity contribution < 1.29 is 19.2 Å². The van der Waals surface area contributed by atoms with Crippen molar-refractivity contribution in [2.75, 3.05) is 17.7 Å². The van der Waals surface area contributed by atoms with Gasteiger partial charge in [0.05, 0.1) is 17.0 Å². The zero-order chi connectivity index (χ0) is 19.8. The van der Waals surface area contributed by atoms with Gasteiger partial charge in [0.25, 0.3) is 11.6 Å². The Kier molecular flexibility index (Phi) is 7.63. The standard InChI is InChI=1S/C18H17ClN2O5S/c1-12-2-5-14(21(24)25)10-16(12)20-17(22)11-26-18(23)8-9-27-15-6-3-13(19)4-7-15/h2-7,10H,8-9,11H2,1H3,(H,20,22). The Morgan fingerprint density at radius 3 is 2.59 bits per heavy atom. The first-order chi connectivity index (χ1) is 12.8. The lowest BCUT2D eigenvalue weighted by atomic mass is 10.2. The Balaban J connectivity index is 1.75. The summed E-state index contributed by atoms with van der Waals surface area (Å²) in [5, 5.41) is 14.0. The number of esters is 1. The van der Waals surface area contributed by atoms with Gasteiger partial charge in [-0.3, -0.25) is 19.7 Å². The lowest BCUT2D eigenvalue weighted by molar-refractivity contribution is -0.384. The quantitative estimate of drug-likeness (QED) is 0.304. The van der Waals surface area contributed by atoms with Crippen LogP contribution in [0.4, 0.5) is 11.4 Å². The molecule has 1 N–H and O–H groups in total. The van der Waals surface area contributed by atoms with E-state index in [0.717, 1.165) is 4.90 Å². The maximum absolute atomic E-state index is 11.9. The van der Waals surface area contributed by atoms with Gasteiger partial charge in [-0.1, -0.05) is 17.7 Å². The van der Waals surface area contributed by atoms with Gasteiger partial charge in [0.2, 0.25) is 0 Å². The molecular weight excluding hydrogens is 392 g/mol. The SMILES string of the molecule is Cc1ccc([N+](=O)[O-])cc1NC(=O)COC(=O)CCSc1ccc(Cl)cc1. The zero-order valence-corrected chi connectivity index (χ0v) is 16.0. The largest absolute Gasteiger partial charge is 0.456 e. The van der Waals surface area contributed by atoms with Gasteiger partial charge in [0.1, 0.15) is 0 Å². The number of amides is 1. The zero-order valence-electron chi connectivity index (χ0n) is 14.4. The first kappa shape index (κ1) is 20.7. The second-order valence-corrected chi connectivity index (χ2v) is 7.12. The number of halogens is 1. The van der Waals surface area contributed by atoms with E-state index >= 15 is 0 Å².